The summed E-state index contributed by atoms with van der Waals surface area (Å²) in [6.07, 6.45) is 0.544. The highest BCUT2D eigenvalue weighted by Crippen LogP contribution is 2.33. The highest BCUT2D eigenvalue weighted by Gasteiger charge is 2.39. The fourth-order valence-corrected chi connectivity index (χ4v) is 6.78. The van der Waals surface area contributed by atoms with Crippen molar-refractivity contribution in [2.45, 2.75) is 83.7 Å². The van der Waals surface area contributed by atoms with Crippen LogP contribution in [0.5, 0.6) is 0 Å². The number of rotatable bonds is 8. The summed E-state index contributed by atoms with van der Waals surface area (Å²) in [5.41, 5.74) is 4.19. The molecule has 4 amide bonds. The van der Waals surface area contributed by atoms with Gasteiger partial charge in [-0.15, -0.1) is 0 Å². The predicted octanol–water partition coefficient (Wildman–Crippen LogP) is 4.26. The minimum atomic E-state index is -0.604. The van der Waals surface area contributed by atoms with Crippen molar-refractivity contribution >= 4 is 29.7 Å². The number of imide groups is 1. The molecular formula is C35H47FN6O6. The van der Waals surface area contributed by atoms with E-state index in [1.165, 1.54) is 6.07 Å². The average molecular weight is 667 g/mol. The van der Waals surface area contributed by atoms with E-state index >= 15 is 4.39 Å². The summed E-state index contributed by atoms with van der Waals surface area (Å²) in [5, 5.41) is 7.04. The Hall–Kier alpha value is -4.23. The first-order chi connectivity index (χ1) is 22.9. The smallest absolute Gasteiger partial charge is 0.422 e. The normalized spacial score (nSPS) is 22.1. The van der Waals surface area contributed by atoms with Gasteiger partial charge >= 0.3 is 12.2 Å². The van der Waals surface area contributed by atoms with E-state index < -0.39 is 41.7 Å². The van der Waals surface area contributed by atoms with E-state index in [-0.39, 0.29) is 24.3 Å². The second kappa shape index (κ2) is 15.3. The van der Waals surface area contributed by atoms with Crippen LogP contribution in [0.25, 0.3) is 0 Å². The number of carbonyl (C=O) groups excluding carboxylic acids is 4. The molecule has 0 saturated carbocycles. The number of halogens is 1. The zero-order chi connectivity index (χ0) is 34.4. The third-order valence-corrected chi connectivity index (χ3v) is 9.17. The van der Waals surface area contributed by atoms with Gasteiger partial charge in [-0.3, -0.25) is 25.2 Å². The zero-order valence-corrected chi connectivity index (χ0v) is 28.2. The lowest BCUT2D eigenvalue weighted by atomic mass is 9.87. The van der Waals surface area contributed by atoms with Crippen molar-refractivity contribution in [1.82, 2.24) is 26.0 Å². The fourth-order valence-electron chi connectivity index (χ4n) is 6.78. The molecule has 3 aliphatic rings. The van der Waals surface area contributed by atoms with Gasteiger partial charge in [0, 0.05) is 51.7 Å². The molecule has 3 atom stereocenters. The lowest BCUT2D eigenvalue weighted by Gasteiger charge is -2.49. The Morgan fingerprint density at radius 1 is 1.00 bits per heavy atom. The predicted molar refractivity (Wildman–Crippen MR) is 177 cm³/mol. The Balaban J connectivity index is 1.27. The third-order valence-electron chi connectivity index (χ3n) is 9.17. The Morgan fingerprint density at radius 3 is 2.40 bits per heavy atom. The molecule has 3 unspecified atom stereocenters. The van der Waals surface area contributed by atoms with Crippen molar-refractivity contribution in [2.75, 3.05) is 37.6 Å². The summed E-state index contributed by atoms with van der Waals surface area (Å²) in [7, 11) is 0. The second-order valence-electron chi connectivity index (χ2n) is 13.7. The van der Waals surface area contributed by atoms with Crippen LogP contribution in [0.15, 0.2) is 48.5 Å². The van der Waals surface area contributed by atoms with Gasteiger partial charge in [-0.2, -0.15) is 0 Å². The molecule has 13 heteroatoms. The summed E-state index contributed by atoms with van der Waals surface area (Å²) in [6.45, 7) is 10.4. The van der Waals surface area contributed by atoms with Gasteiger partial charge in [0.05, 0.1) is 11.6 Å². The van der Waals surface area contributed by atoms with Gasteiger partial charge in [-0.1, -0.05) is 36.4 Å². The number of piperazine rings is 1. The fraction of sp³-hybridized carbons (Fsp3) is 0.543. The number of hydrogen-bond donors (Lipinski definition) is 3. The van der Waals surface area contributed by atoms with Crippen molar-refractivity contribution in [2.24, 2.45) is 5.92 Å². The molecule has 5 rings (SSSR count). The number of hydrazine groups is 1. The molecule has 0 bridgehead atoms. The molecule has 0 radical (unpaired) electrons. The first-order valence-electron chi connectivity index (χ1n) is 16.7. The maximum absolute atomic E-state index is 15.7. The topological polar surface area (TPSA) is 133 Å². The van der Waals surface area contributed by atoms with Crippen LogP contribution >= 0.6 is 0 Å². The molecule has 0 aliphatic carbocycles. The van der Waals surface area contributed by atoms with E-state index in [2.05, 4.69) is 21.0 Å². The molecule has 12 nitrogen and oxygen atoms in total. The number of anilines is 1. The minimum absolute atomic E-state index is 0.0754. The molecule has 3 fully saturated rings. The number of carbonyl (C=O) groups is 4. The number of benzene rings is 2. The molecule has 0 aromatic heterocycles. The number of nitrogens with zero attached hydrogens (tertiary/aromatic N) is 3. The van der Waals surface area contributed by atoms with Gasteiger partial charge in [0.25, 0.3) is 0 Å². The molecule has 260 valence electrons. The summed E-state index contributed by atoms with van der Waals surface area (Å²) >= 11 is 0. The van der Waals surface area contributed by atoms with Gasteiger partial charge in [0.1, 0.15) is 11.4 Å². The SMILES string of the molecule is CC(OC(=O)NCc1ccccc1)N1CCN(c2ccc(C3CCC(=O)NC3=O)cc2F)CC1C1CCN(NC(=O)OC(C)(C)C)CC1. The van der Waals surface area contributed by atoms with Gasteiger partial charge in [0.15, 0.2) is 6.23 Å². The lowest BCUT2D eigenvalue weighted by Crippen LogP contribution is -2.61. The largest absolute Gasteiger partial charge is 0.443 e. The van der Waals surface area contributed by atoms with E-state index in [1.807, 2.05) is 67.9 Å². The van der Waals surface area contributed by atoms with E-state index in [0.29, 0.717) is 56.9 Å². The maximum Gasteiger partial charge on any atom is 0.422 e. The standard InChI is InChI=1S/C35H47FN6O6/c1-23(47-33(45)37-21-24-8-6-5-7-9-24)42-19-18-40(29-12-10-26(20-28(29)36)27-11-13-31(43)38-32(27)44)22-30(42)25-14-16-41(17-15-25)39-34(46)48-35(2,3)4/h5-10,12,20,23,25,27,30H,11,13-19,21-22H2,1-4H3,(H,37,45)(H,39,46)(H,38,43,44). The Morgan fingerprint density at radius 2 is 1.73 bits per heavy atom. The highest BCUT2D eigenvalue weighted by atomic mass is 19.1. The molecule has 0 spiro atoms. The van der Waals surface area contributed by atoms with Crippen molar-refractivity contribution < 1.29 is 33.0 Å². The lowest BCUT2D eigenvalue weighted by molar-refractivity contribution is -0.134. The van der Waals surface area contributed by atoms with Crippen molar-refractivity contribution in [3.05, 3.63) is 65.5 Å². The van der Waals surface area contributed by atoms with Crippen LogP contribution in [0.1, 0.15) is 70.4 Å². The average Bonchev–Trinajstić information content (AvgIpc) is 3.03. The van der Waals surface area contributed by atoms with Gasteiger partial charge < -0.3 is 19.7 Å². The van der Waals surface area contributed by atoms with Gasteiger partial charge in [-0.05, 0) is 76.1 Å². The highest BCUT2D eigenvalue weighted by molar-refractivity contribution is 6.00. The second-order valence-corrected chi connectivity index (χ2v) is 13.7. The minimum Gasteiger partial charge on any atom is -0.443 e. The summed E-state index contributed by atoms with van der Waals surface area (Å²) < 4.78 is 27.0. The summed E-state index contributed by atoms with van der Waals surface area (Å²) in [5.74, 6) is -1.53. The molecule has 2 aromatic rings. The molecule has 3 heterocycles. The van der Waals surface area contributed by atoms with E-state index in [1.54, 1.807) is 12.1 Å². The van der Waals surface area contributed by atoms with E-state index in [4.69, 9.17) is 9.47 Å². The molecule has 3 saturated heterocycles. The Bertz CT molecular complexity index is 1460. The van der Waals surface area contributed by atoms with Crippen molar-refractivity contribution in [1.29, 1.82) is 0 Å². The third kappa shape index (κ3) is 9.22. The monoisotopic (exact) mass is 666 g/mol. The quantitative estimate of drug-likeness (QED) is 0.354. The first-order valence-corrected chi connectivity index (χ1v) is 16.7. The van der Waals surface area contributed by atoms with Crippen molar-refractivity contribution in [3.63, 3.8) is 0 Å². The molecule has 3 aliphatic heterocycles. The molecule has 2 aromatic carbocycles. The van der Waals surface area contributed by atoms with Crippen LogP contribution in [0.3, 0.4) is 0 Å². The Labute approximate surface area is 281 Å². The van der Waals surface area contributed by atoms with Crippen LogP contribution in [0.4, 0.5) is 19.7 Å². The molecule has 48 heavy (non-hydrogen) atoms. The first kappa shape index (κ1) is 35.1. The summed E-state index contributed by atoms with van der Waals surface area (Å²) in [4.78, 5) is 53.4. The van der Waals surface area contributed by atoms with Crippen LogP contribution < -0.4 is 21.0 Å². The van der Waals surface area contributed by atoms with Gasteiger partial charge in [-0.25, -0.2) is 19.0 Å². The summed E-state index contributed by atoms with van der Waals surface area (Å²) in [6, 6.07) is 14.4. The van der Waals surface area contributed by atoms with Crippen LogP contribution in [0.2, 0.25) is 0 Å². The maximum atomic E-state index is 15.7. The number of piperidine rings is 2. The molecular weight excluding hydrogens is 619 g/mol. The van der Waals surface area contributed by atoms with Crippen LogP contribution in [0, 0.1) is 11.7 Å². The van der Waals surface area contributed by atoms with E-state index in [0.717, 1.165) is 18.4 Å². The number of alkyl carbamates (subject to hydrolysis) is 1. The van der Waals surface area contributed by atoms with E-state index in [9.17, 15) is 19.2 Å². The van der Waals surface area contributed by atoms with Crippen LogP contribution in [-0.4, -0.2) is 84.5 Å². The van der Waals surface area contributed by atoms with Gasteiger partial charge in [0.2, 0.25) is 11.8 Å². The molecule has 3 N–H and O–H groups in total. The number of amides is 4. The number of ether oxygens (including phenoxy) is 2. The number of hydrogen-bond acceptors (Lipinski definition) is 9. The Kier molecular flexibility index (Phi) is 11.2. The van der Waals surface area contributed by atoms with Crippen LogP contribution in [-0.2, 0) is 25.6 Å². The van der Waals surface area contributed by atoms with Crippen molar-refractivity contribution in [3.8, 4) is 0 Å². The zero-order valence-electron chi connectivity index (χ0n) is 28.2. The number of nitrogens with one attached hydrogen (secondary N) is 3.